The van der Waals surface area contributed by atoms with Gasteiger partial charge in [0.2, 0.25) is 0 Å². The fraction of sp³-hybridized carbons (Fsp3) is 0.400. The van der Waals surface area contributed by atoms with Crippen molar-refractivity contribution < 1.29 is 14.2 Å². The summed E-state index contributed by atoms with van der Waals surface area (Å²) in [5, 5.41) is 0. The molecule has 1 fully saturated rings. The number of anilines is 1. The first-order chi connectivity index (χ1) is 7.15. The number of rotatable bonds is 2. The van der Waals surface area contributed by atoms with Gasteiger partial charge in [0.25, 0.3) is 5.91 Å². The molecular formula is C10H14N2O3. The Morgan fingerprint density at radius 1 is 1.33 bits per heavy atom. The first-order valence-electron chi connectivity index (χ1n) is 4.66. The second-order valence-electron chi connectivity index (χ2n) is 3.32. The molecule has 4 N–H and O–H groups in total. The summed E-state index contributed by atoms with van der Waals surface area (Å²) in [7, 11) is 1.55. The highest BCUT2D eigenvalue weighted by molar-refractivity contribution is 5.49. The first-order valence-corrected chi connectivity index (χ1v) is 4.66. The van der Waals surface area contributed by atoms with E-state index in [1.54, 1.807) is 25.3 Å². The van der Waals surface area contributed by atoms with E-state index in [1.165, 1.54) is 0 Å². The van der Waals surface area contributed by atoms with Gasteiger partial charge in [0.05, 0.1) is 25.9 Å². The number of nitrogen functional groups attached to an aromatic ring is 1. The summed E-state index contributed by atoms with van der Waals surface area (Å²) in [6.07, 6.45) is 0. The number of ether oxygens (including phenoxy) is 3. The van der Waals surface area contributed by atoms with Crippen molar-refractivity contribution in [1.29, 1.82) is 0 Å². The van der Waals surface area contributed by atoms with E-state index < -0.39 is 5.91 Å². The van der Waals surface area contributed by atoms with Crippen LogP contribution in [0.2, 0.25) is 0 Å². The summed E-state index contributed by atoms with van der Waals surface area (Å²) in [6, 6.07) is 5.17. The Bertz CT molecular complexity index is 362. The van der Waals surface area contributed by atoms with Gasteiger partial charge in [-0.15, -0.1) is 0 Å². The van der Waals surface area contributed by atoms with E-state index in [-0.39, 0.29) is 0 Å². The standard InChI is InChI=1S/C10H14N2O3/c1-13-9-6-7(11)2-3-8(9)10(12)14-4-5-15-10/h2-3,6H,4-5,11-12H2,1H3. The lowest BCUT2D eigenvalue weighted by atomic mass is 10.1. The molecule has 0 unspecified atom stereocenters. The number of hydrogen-bond donors (Lipinski definition) is 2. The molecule has 0 bridgehead atoms. The molecule has 15 heavy (non-hydrogen) atoms. The molecule has 0 saturated carbocycles. The molecule has 0 spiro atoms. The van der Waals surface area contributed by atoms with Gasteiger partial charge in [-0.05, 0) is 12.1 Å². The number of methoxy groups -OCH3 is 1. The lowest BCUT2D eigenvalue weighted by Gasteiger charge is -2.24. The maximum atomic E-state index is 5.94. The summed E-state index contributed by atoms with van der Waals surface area (Å²) in [4.78, 5) is 0. The topological polar surface area (TPSA) is 79.7 Å². The van der Waals surface area contributed by atoms with Gasteiger partial charge in [-0.25, -0.2) is 0 Å². The van der Waals surface area contributed by atoms with Crippen LogP contribution in [-0.4, -0.2) is 20.3 Å². The minimum absolute atomic E-state index is 0.476. The van der Waals surface area contributed by atoms with Crippen LogP contribution >= 0.6 is 0 Å². The minimum Gasteiger partial charge on any atom is -0.496 e. The predicted molar refractivity (Wildman–Crippen MR) is 55.2 cm³/mol. The molecule has 0 amide bonds. The van der Waals surface area contributed by atoms with E-state index in [0.29, 0.717) is 30.2 Å². The third-order valence-corrected chi connectivity index (χ3v) is 2.32. The monoisotopic (exact) mass is 210 g/mol. The average molecular weight is 210 g/mol. The van der Waals surface area contributed by atoms with Crippen LogP contribution in [0.25, 0.3) is 0 Å². The van der Waals surface area contributed by atoms with Crippen LogP contribution < -0.4 is 16.2 Å². The molecule has 0 atom stereocenters. The smallest absolute Gasteiger partial charge is 0.257 e. The number of benzene rings is 1. The molecule has 0 aliphatic carbocycles. The second-order valence-corrected chi connectivity index (χ2v) is 3.32. The molecule has 2 rings (SSSR count). The van der Waals surface area contributed by atoms with Crippen LogP contribution in [0.3, 0.4) is 0 Å². The van der Waals surface area contributed by atoms with Crippen LogP contribution in [-0.2, 0) is 15.4 Å². The summed E-state index contributed by atoms with van der Waals surface area (Å²) < 4.78 is 15.9. The van der Waals surface area contributed by atoms with Crippen molar-refractivity contribution in [2.45, 2.75) is 5.91 Å². The van der Waals surface area contributed by atoms with Gasteiger partial charge >= 0.3 is 0 Å². The van der Waals surface area contributed by atoms with Crippen LogP contribution in [0.5, 0.6) is 5.75 Å². The normalized spacial score (nSPS) is 19.1. The van der Waals surface area contributed by atoms with Gasteiger partial charge in [-0.2, -0.15) is 0 Å². The van der Waals surface area contributed by atoms with E-state index in [2.05, 4.69) is 0 Å². The molecule has 0 radical (unpaired) electrons. The Balaban J connectivity index is 2.42. The summed E-state index contributed by atoms with van der Waals surface area (Å²) in [5.74, 6) is -0.640. The molecule has 82 valence electrons. The van der Waals surface area contributed by atoms with Gasteiger partial charge in [0.1, 0.15) is 5.75 Å². The van der Waals surface area contributed by atoms with E-state index in [0.717, 1.165) is 0 Å². The van der Waals surface area contributed by atoms with Gasteiger partial charge in [-0.1, -0.05) is 0 Å². The van der Waals surface area contributed by atoms with Crippen molar-refractivity contribution in [1.82, 2.24) is 0 Å². The SMILES string of the molecule is COc1cc(N)ccc1C1(N)OCCO1. The zero-order valence-electron chi connectivity index (χ0n) is 8.53. The molecule has 1 aliphatic rings. The largest absolute Gasteiger partial charge is 0.496 e. The highest BCUT2D eigenvalue weighted by Gasteiger charge is 2.36. The highest BCUT2D eigenvalue weighted by atomic mass is 16.8. The lowest BCUT2D eigenvalue weighted by molar-refractivity contribution is -0.161. The van der Waals surface area contributed by atoms with E-state index in [4.69, 9.17) is 25.7 Å². The molecule has 1 saturated heterocycles. The molecule has 5 heteroatoms. The van der Waals surface area contributed by atoms with Crippen molar-refractivity contribution in [3.8, 4) is 5.75 Å². The van der Waals surface area contributed by atoms with Crippen LogP contribution in [0.1, 0.15) is 5.56 Å². The molecule has 1 aromatic rings. The highest BCUT2D eigenvalue weighted by Crippen LogP contribution is 2.33. The number of nitrogens with two attached hydrogens (primary N) is 2. The molecule has 1 aliphatic heterocycles. The van der Waals surface area contributed by atoms with Gasteiger partial charge in [0.15, 0.2) is 0 Å². The van der Waals surface area contributed by atoms with Crippen LogP contribution in [0.15, 0.2) is 18.2 Å². The summed E-state index contributed by atoms with van der Waals surface area (Å²) in [5.41, 5.74) is 12.8. The van der Waals surface area contributed by atoms with E-state index in [1.807, 2.05) is 0 Å². The van der Waals surface area contributed by atoms with Crippen molar-refractivity contribution >= 4 is 5.69 Å². The summed E-state index contributed by atoms with van der Waals surface area (Å²) in [6.45, 7) is 0.952. The third-order valence-electron chi connectivity index (χ3n) is 2.32. The van der Waals surface area contributed by atoms with Crippen LogP contribution in [0.4, 0.5) is 5.69 Å². The molecule has 5 nitrogen and oxygen atoms in total. The fourth-order valence-electron chi connectivity index (χ4n) is 1.58. The van der Waals surface area contributed by atoms with Crippen molar-refractivity contribution in [2.24, 2.45) is 5.73 Å². The van der Waals surface area contributed by atoms with Crippen LogP contribution in [0, 0.1) is 0 Å². The molecular weight excluding hydrogens is 196 g/mol. The lowest BCUT2D eigenvalue weighted by Crippen LogP contribution is -2.37. The van der Waals surface area contributed by atoms with E-state index >= 15 is 0 Å². The predicted octanol–water partition coefficient (Wildman–Crippen LogP) is 0.393. The number of hydrogen-bond acceptors (Lipinski definition) is 5. The minimum atomic E-state index is -1.21. The van der Waals surface area contributed by atoms with Gasteiger partial charge in [-0.3, -0.25) is 5.73 Å². The van der Waals surface area contributed by atoms with Crippen molar-refractivity contribution in [3.05, 3.63) is 23.8 Å². The third kappa shape index (κ3) is 1.77. The zero-order valence-corrected chi connectivity index (χ0v) is 8.53. The van der Waals surface area contributed by atoms with Gasteiger partial charge < -0.3 is 19.9 Å². The van der Waals surface area contributed by atoms with Crippen molar-refractivity contribution in [2.75, 3.05) is 26.1 Å². The molecule has 1 heterocycles. The zero-order chi connectivity index (χ0) is 10.9. The Hall–Kier alpha value is -1.30. The Morgan fingerprint density at radius 2 is 2.00 bits per heavy atom. The quantitative estimate of drug-likeness (QED) is 0.690. The maximum Gasteiger partial charge on any atom is 0.257 e. The average Bonchev–Trinajstić information content (AvgIpc) is 2.66. The molecule has 1 aromatic carbocycles. The van der Waals surface area contributed by atoms with Crippen molar-refractivity contribution in [3.63, 3.8) is 0 Å². The Kier molecular flexibility index (Phi) is 2.52. The molecule has 0 aromatic heterocycles. The Labute approximate surface area is 87.9 Å². The van der Waals surface area contributed by atoms with E-state index in [9.17, 15) is 0 Å². The second kappa shape index (κ2) is 3.69. The van der Waals surface area contributed by atoms with Gasteiger partial charge in [0, 0.05) is 11.8 Å². The maximum absolute atomic E-state index is 5.94. The Morgan fingerprint density at radius 3 is 2.60 bits per heavy atom. The first kappa shape index (κ1) is 10.2. The fourth-order valence-corrected chi connectivity index (χ4v) is 1.58. The summed E-state index contributed by atoms with van der Waals surface area (Å²) >= 11 is 0.